The Hall–Kier alpha value is -2.76. The van der Waals surface area contributed by atoms with Crippen LogP contribution in [0.5, 0.6) is 0 Å². The number of hydrogen-bond donors (Lipinski definition) is 1. The summed E-state index contributed by atoms with van der Waals surface area (Å²) in [6.07, 6.45) is 1.45. The van der Waals surface area contributed by atoms with Crippen molar-refractivity contribution in [2.45, 2.75) is 6.61 Å². The summed E-state index contributed by atoms with van der Waals surface area (Å²) < 4.78 is 1.03. The lowest BCUT2D eigenvalue weighted by molar-refractivity contribution is 0.0863. The minimum absolute atomic E-state index is 0.0726. The lowest BCUT2D eigenvalue weighted by Gasteiger charge is -2.11. The van der Waals surface area contributed by atoms with Crippen molar-refractivity contribution < 1.29 is 9.63 Å². The van der Waals surface area contributed by atoms with Gasteiger partial charge in [0.25, 0.3) is 11.5 Å². The minimum atomic E-state index is -0.600. The molecule has 7 heteroatoms. The number of anilines is 1. The summed E-state index contributed by atoms with van der Waals surface area (Å²) in [5, 5.41) is 3.32. The summed E-state index contributed by atoms with van der Waals surface area (Å²) in [5.74, 6) is -0.600. The molecule has 1 N–H and O–H groups in total. The number of aromatic nitrogens is 1. The molecule has 5 nitrogen and oxygen atoms in total. The third kappa shape index (κ3) is 4.25. The molecule has 0 aliphatic heterocycles. The summed E-state index contributed by atoms with van der Waals surface area (Å²) in [6, 6.07) is 17.0. The number of carbonyl (C=O) groups is 1. The van der Waals surface area contributed by atoms with Gasteiger partial charge in [-0.15, -0.1) is 0 Å². The van der Waals surface area contributed by atoms with Crippen LogP contribution in [0.15, 0.2) is 71.7 Å². The highest BCUT2D eigenvalue weighted by atomic mass is 35.5. The van der Waals surface area contributed by atoms with E-state index in [0.29, 0.717) is 15.7 Å². The van der Waals surface area contributed by atoms with E-state index in [-0.39, 0.29) is 12.2 Å². The fraction of sp³-hybridized carbons (Fsp3) is 0.0526. The Kier molecular flexibility index (Phi) is 5.61. The summed E-state index contributed by atoms with van der Waals surface area (Å²) in [5.41, 5.74) is 0.583. The second kappa shape index (κ2) is 8.08. The number of carbonyl (C=O) groups excluding carboxylic acids is 1. The number of rotatable bonds is 5. The highest BCUT2D eigenvalue weighted by molar-refractivity contribution is 6.35. The van der Waals surface area contributed by atoms with Gasteiger partial charge in [-0.1, -0.05) is 53.5 Å². The molecule has 26 heavy (non-hydrogen) atoms. The van der Waals surface area contributed by atoms with Gasteiger partial charge in [0, 0.05) is 11.2 Å². The number of halogens is 2. The van der Waals surface area contributed by atoms with Gasteiger partial charge in [-0.25, -0.2) is 0 Å². The molecule has 0 radical (unpaired) electrons. The third-order valence-corrected chi connectivity index (χ3v) is 4.11. The van der Waals surface area contributed by atoms with E-state index in [1.807, 2.05) is 30.3 Å². The first-order valence-corrected chi connectivity index (χ1v) is 8.45. The summed E-state index contributed by atoms with van der Waals surface area (Å²) in [7, 11) is 0. The van der Waals surface area contributed by atoms with Crippen molar-refractivity contribution in [1.82, 2.24) is 4.73 Å². The molecule has 0 saturated heterocycles. The van der Waals surface area contributed by atoms with E-state index in [4.69, 9.17) is 28.0 Å². The highest BCUT2D eigenvalue weighted by Crippen LogP contribution is 2.25. The molecule has 3 aromatic rings. The van der Waals surface area contributed by atoms with E-state index in [2.05, 4.69) is 5.32 Å². The molecule has 0 aliphatic carbocycles. The van der Waals surface area contributed by atoms with Crippen molar-refractivity contribution in [3.8, 4) is 0 Å². The number of pyridine rings is 1. The van der Waals surface area contributed by atoms with E-state index >= 15 is 0 Å². The van der Waals surface area contributed by atoms with Crippen LogP contribution in [0, 0.1) is 0 Å². The smallest absolute Gasteiger partial charge is 0.295 e. The third-order valence-electron chi connectivity index (χ3n) is 3.55. The summed E-state index contributed by atoms with van der Waals surface area (Å²) in [4.78, 5) is 30.4. The zero-order valence-corrected chi connectivity index (χ0v) is 15.0. The van der Waals surface area contributed by atoms with Crippen molar-refractivity contribution in [1.29, 1.82) is 0 Å². The molecule has 0 atom stereocenters. The molecular formula is C19H14Cl2N2O3. The average molecular weight is 389 g/mol. The molecule has 3 rings (SSSR count). The van der Waals surface area contributed by atoms with Gasteiger partial charge in [-0.2, -0.15) is 4.73 Å². The first-order chi connectivity index (χ1) is 12.5. The molecule has 0 saturated carbocycles. The van der Waals surface area contributed by atoms with Crippen LogP contribution in [0.3, 0.4) is 0 Å². The maximum absolute atomic E-state index is 12.5. The van der Waals surface area contributed by atoms with Crippen molar-refractivity contribution in [3.05, 3.63) is 98.4 Å². The van der Waals surface area contributed by atoms with Gasteiger partial charge >= 0.3 is 0 Å². The number of nitrogens with zero attached hydrogens (tertiary/aromatic N) is 1. The Morgan fingerprint density at radius 1 is 1.04 bits per heavy atom. The number of nitrogens with one attached hydrogen (secondary N) is 1. The van der Waals surface area contributed by atoms with Crippen LogP contribution in [0.25, 0.3) is 0 Å². The normalized spacial score (nSPS) is 10.4. The van der Waals surface area contributed by atoms with Crippen molar-refractivity contribution >= 4 is 34.8 Å². The van der Waals surface area contributed by atoms with Gasteiger partial charge in [-0.05, 0) is 35.9 Å². The number of benzene rings is 2. The summed E-state index contributed by atoms with van der Waals surface area (Å²) >= 11 is 11.9. The van der Waals surface area contributed by atoms with Gasteiger partial charge in [-0.3, -0.25) is 9.59 Å². The average Bonchev–Trinajstić information content (AvgIpc) is 2.64. The monoisotopic (exact) mass is 388 g/mol. The van der Waals surface area contributed by atoms with E-state index in [1.165, 1.54) is 18.3 Å². The molecule has 0 fully saturated rings. The molecule has 0 spiro atoms. The molecule has 2 aromatic carbocycles. The van der Waals surface area contributed by atoms with E-state index in [1.54, 1.807) is 18.2 Å². The Morgan fingerprint density at radius 3 is 2.58 bits per heavy atom. The minimum Gasteiger partial charge on any atom is -0.406 e. The van der Waals surface area contributed by atoms with Crippen LogP contribution in [-0.4, -0.2) is 10.6 Å². The van der Waals surface area contributed by atoms with Crippen molar-refractivity contribution in [3.63, 3.8) is 0 Å². The van der Waals surface area contributed by atoms with Crippen molar-refractivity contribution in [2.24, 2.45) is 0 Å². The van der Waals surface area contributed by atoms with Gasteiger partial charge < -0.3 is 10.2 Å². The zero-order valence-electron chi connectivity index (χ0n) is 13.5. The van der Waals surface area contributed by atoms with Crippen LogP contribution in [-0.2, 0) is 6.61 Å². The zero-order chi connectivity index (χ0) is 18.5. The predicted molar refractivity (Wildman–Crippen MR) is 102 cm³/mol. The fourth-order valence-corrected chi connectivity index (χ4v) is 2.59. The van der Waals surface area contributed by atoms with Gasteiger partial charge in [0.15, 0.2) is 0 Å². The molecule has 0 aliphatic rings. The predicted octanol–water partition coefficient (Wildman–Crippen LogP) is 4.04. The molecule has 0 bridgehead atoms. The molecule has 0 unspecified atom stereocenters. The molecular weight excluding hydrogens is 375 g/mol. The van der Waals surface area contributed by atoms with Crippen molar-refractivity contribution in [2.75, 3.05) is 5.32 Å². The molecule has 1 amide bonds. The second-order valence-electron chi connectivity index (χ2n) is 5.39. The first-order valence-electron chi connectivity index (χ1n) is 7.70. The SMILES string of the molecule is O=C(Nc1cc(Cl)ccc1Cl)c1cccn(OCc2ccccc2)c1=O. The largest absolute Gasteiger partial charge is 0.406 e. The lowest BCUT2D eigenvalue weighted by atomic mass is 10.2. The number of amides is 1. The quantitative estimate of drug-likeness (QED) is 0.717. The second-order valence-corrected chi connectivity index (χ2v) is 6.23. The maximum atomic E-state index is 12.5. The van der Waals surface area contributed by atoms with E-state index in [0.717, 1.165) is 10.3 Å². The fourth-order valence-electron chi connectivity index (χ4n) is 2.25. The van der Waals surface area contributed by atoms with Crippen LogP contribution in [0.4, 0.5) is 5.69 Å². The van der Waals surface area contributed by atoms with E-state index < -0.39 is 11.5 Å². The van der Waals surface area contributed by atoms with Crippen LogP contribution < -0.4 is 15.7 Å². The lowest BCUT2D eigenvalue weighted by Crippen LogP contribution is -2.32. The van der Waals surface area contributed by atoms with Gasteiger partial charge in [0.1, 0.15) is 12.2 Å². The van der Waals surface area contributed by atoms with Crippen LogP contribution >= 0.6 is 23.2 Å². The Balaban J connectivity index is 1.79. The first kappa shape index (κ1) is 18.0. The number of hydrogen-bond acceptors (Lipinski definition) is 3. The topological polar surface area (TPSA) is 60.3 Å². The molecule has 1 heterocycles. The Morgan fingerprint density at radius 2 is 1.81 bits per heavy atom. The molecule has 132 valence electrons. The molecule has 1 aromatic heterocycles. The van der Waals surface area contributed by atoms with E-state index in [9.17, 15) is 9.59 Å². The van der Waals surface area contributed by atoms with Crippen LogP contribution in [0.2, 0.25) is 10.0 Å². The standard InChI is InChI=1S/C19H14Cl2N2O3/c20-14-8-9-16(21)17(11-14)22-18(24)15-7-4-10-23(19(15)25)26-12-13-5-2-1-3-6-13/h1-11H,12H2,(H,22,24). The van der Waals surface area contributed by atoms with Gasteiger partial charge in [0.2, 0.25) is 0 Å². The summed E-state index contributed by atoms with van der Waals surface area (Å²) in [6.45, 7) is 0.200. The van der Waals surface area contributed by atoms with Gasteiger partial charge in [0.05, 0.1) is 10.7 Å². The Labute approximate surface area is 159 Å². The maximum Gasteiger partial charge on any atom is 0.295 e. The van der Waals surface area contributed by atoms with Crippen LogP contribution in [0.1, 0.15) is 15.9 Å². The highest BCUT2D eigenvalue weighted by Gasteiger charge is 2.14. The Bertz CT molecular complexity index is 988.